The lowest BCUT2D eigenvalue weighted by molar-refractivity contribution is -0.250. The Balaban J connectivity index is 3.16. The highest BCUT2D eigenvalue weighted by molar-refractivity contribution is 14.1. The predicted molar refractivity (Wildman–Crippen MR) is 74.8 cm³/mol. The van der Waals surface area contributed by atoms with Gasteiger partial charge in [-0.3, -0.25) is 0 Å². The largest absolute Gasteiger partial charge is 0.412 e. The van der Waals surface area contributed by atoms with Crippen molar-refractivity contribution in [2.45, 2.75) is 19.1 Å². The summed E-state index contributed by atoms with van der Waals surface area (Å²) >= 11 is 2.15. The van der Waals surface area contributed by atoms with E-state index in [2.05, 4.69) is 22.6 Å². The Morgan fingerprint density at radius 3 is 2.61 bits per heavy atom. The molecule has 100 valence electrons. The monoisotopic (exact) mass is 365 g/mol. The number of amides is 1. The summed E-state index contributed by atoms with van der Waals surface area (Å²) in [5.74, 6) is -1.21. The Labute approximate surface area is 120 Å². The highest BCUT2D eigenvalue weighted by Gasteiger charge is 2.37. The Morgan fingerprint density at radius 1 is 1.44 bits per heavy atom. The molecule has 18 heavy (non-hydrogen) atoms. The number of carbonyl (C=O) groups is 1. The standard InChI is InChI=1S/C12H16INO4/c1-3-12(17-8-16-2,18-11(14)15)9-6-4-5-7-10(9)13/h4-7H,3,8H2,1-2H3,(H2,14,15)/t12-/m0/s1. The van der Waals surface area contributed by atoms with E-state index in [1.807, 2.05) is 31.2 Å². The molecule has 0 aliphatic carbocycles. The molecule has 0 unspecified atom stereocenters. The lowest BCUT2D eigenvalue weighted by Gasteiger charge is -2.32. The third-order valence-corrected chi connectivity index (χ3v) is 3.37. The maximum atomic E-state index is 11.1. The zero-order valence-corrected chi connectivity index (χ0v) is 12.5. The summed E-state index contributed by atoms with van der Waals surface area (Å²) in [5, 5.41) is 0. The van der Waals surface area contributed by atoms with E-state index in [0.29, 0.717) is 6.42 Å². The highest BCUT2D eigenvalue weighted by Crippen LogP contribution is 2.34. The Bertz CT molecular complexity index is 413. The van der Waals surface area contributed by atoms with E-state index in [0.717, 1.165) is 9.13 Å². The van der Waals surface area contributed by atoms with Gasteiger partial charge in [-0.05, 0) is 28.7 Å². The zero-order chi connectivity index (χ0) is 13.6. The van der Waals surface area contributed by atoms with Gasteiger partial charge in [0.15, 0.2) is 6.79 Å². The van der Waals surface area contributed by atoms with Crippen LogP contribution in [0.15, 0.2) is 24.3 Å². The quantitative estimate of drug-likeness (QED) is 0.622. The van der Waals surface area contributed by atoms with Gasteiger partial charge in [0, 0.05) is 22.7 Å². The fourth-order valence-electron chi connectivity index (χ4n) is 1.61. The summed E-state index contributed by atoms with van der Waals surface area (Å²) in [6.45, 7) is 1.85. The summed E-state index contributed by atoms with van der Waals surface area (Å²) in [6, 6.07) is 7.49. The fraction of sp³-hybridized carbons (Fsp3) is 0.417. The van der Waals surface area contributed by atoms with Crippen LogP contribution in [0.2, 0.25) is 0 Å². The van der Waals surface area contributed by atoms with Crippen LogP contribution in [0.5, 0.6) is 0 Å². The second-order valence-corrected chi connectivity index (χ2v) is 4.72. The van der Waals surface area contributed by atoms with Crippen molar-refractivity contribution in [3.8, 4) is 0 Å². The average Bonchev–Trinajstić information content (AvgIpc) is 2.35. The topological polar surface area (TPSA) is 70.8 Å². The van der Waals surface area contributed by atoms with Crippen molar-refractivity contribution in [1.82, 2.24) is 0 Å². The first kappa shape index (κ1) is 15.2. The molecule has 0 spiro atoms. The van der Waals surface area contributed by atoms with Gasteiger partial charge in [0.05, 0.1) is 0 Å². The summed E-state index contributed by atoms with van der Waals surface area (Å²) in [5.41, 5.74) is 5.88. The summed E-state index contributed by atoms with van der Waals surface area (Å²) in [4.78, 5) is 11.1. The van der Waals surface area contributed by atoms with Gasteiger partial charge in [-0.15, -0.1) is 0 Å². The lowest BCUT2D eigenvalue weighted by atomic mass is 10.0. The summed E-state index contributed by atoms with van der Waals surface area (Å²) in [6.07, 6.45) is -0.452. The van der Waals surface area contributed by atoms with Crippen LogP contribution in [0.3, 0.4) is 0 Å². The van der Waals surface area contributed by atoms with Crippen molar-refractivity contribution in [2.75, 3.05) is 13.9 Å². The molecule has 1 aromatic carbocycles. The maximum Gasteiger partial charge on any atom is 0.407 e. The zero-order valence-electron chi connectivity index (χ0n) is 10.3. The minimum absolute atomic E-state index is 0.00605. The Hall–Kier alpha value is -0.860. The van der Waals surface area contributed by atoms with E-state index in [1.54, 1.807) is 0 Å². The normalized spacial score (nSPS) is 13.9. The number of rotatable bonds is 6. The number of carbonyl (C=O) groups excluding carboxylic acids is 1. The van der Waals surface area contributed by atoms with Crippen LogP contribution in [0.1, 0.15) is 18.9 Å². The number of nitrogens with two attached hydrogens (primary N) is 1. The predicted octanol–water partition coefficient (Wildman–Crippen LogP) is 2.57. The minimum atomic E-state index is -1.21. The molecule has 0 saturated heterocycles. The molecule has 0 aliphatic rings. The molecule has 0 aliphatic heterocycles. The van der Waals surface area contributed by atoms with Crippen molar-refractivity contribution in [3.63, 3.8) is 0 Å². The number of hydrogen-bond donors (Lipinski definition) is 1. The van der Waals surface area contributed by atoms with Crippen molar-refractivity contribution in [1.29, 1.82) is 0 Å². The number of primary amides is 1. The van der Waals surface area contributed by atoms with Gasteiger partial charge in [-0.1, -0.05) is 25.1 Å². The smallest absolute Gasteiger partial charge is 0.407 e. The van der Waals surface area contributed by atoms with Crippen LogP contribution >= 0.6 is 22.6 Å². The Morgan fingerprint density at radius 2 is 2.11 bits per heavy atom. The average molecular weight is 365 g/mol. The molecular weight excluding hydrogens is 349 g/mol. The molecule has 6 heteroatoms. The SMILES string of the molecule is CC[C@](OCOC)(OC(N)=O)c1ccccc1I. The highest BCUT2D eigenvalue weighted by atomic mass is 127. The molecule has 5 nitrogen and oxygen atoms in total. The van der Waals surface area contributed by atoms with Gasteiger partial charge in [-0.2, -0.15) is 0 Å². The third kappa shape index (κ3) is 3.56. The van der Waals surface area contributed by atoms with E-state index in [4.69, 9.17) is 19.9 Å². The molecule has 1 amide bonds. The molecule has 1 atom stereocenters. The molecule has 2 N–H and O–H groups in total. The van der Waals surface area contributed by atoms with Crippen molar-refractivity contribution in [3.05, 3.63) is 33.4 Å². The van der Waals surface area contributed by atoms with E-state index >= 15 is 0 Å². The molecule has 0 bridgehead atoms. The first-order valence-electron chi connectivity index (χ1n) is 5.42. The third-order valence-electron chi connectivity index (χ3n) is 2.43. The van der Waals surface area contributed by atoms with Crippen LogP contribution in [-0.4, -0.2) is 20.0 Å². The van der Waals surface area contributed by atoms with E-state index < -0.39 is 11.9 Å². The molecular formula is C12H16INO4. The molecule has 1 aromatic rings. The van der Waals surface area contributed by atoms with E-state index in [9.17, 15) is 4.79 Å². The fourth-order valence-corrected chi connectivity index (χ4v) is 2.41. The van der Waals surface area contributed by atoms with E-state index in [-0.39, 0.29) is 6.79 Å². The van der Waals surface area contributed by atoms with Crippen molar-refractivity contribution < 1.29 is 19.0 Å². The summed E-state index contributed by atoms with van der Waals surface area (Å²) in [7, 11) is 1.50. The van der Waals surface area contributed by atoms with Gasteiger partial charge in [0.1, 0.15) is 0 Å². The second kappa shape index (κ2) is 6.91. The first-order valence-corrected chi connectivity index (χ1v) is 6.50. The van der Waals surface area contributed by atoms with Crippen LogP contribution in [0, 0.1) is 3.57 Å². The minimum Gasteiger partial charge on any atom is -0.412 e. The number of ether oxygens (including phenoxy) is 3. The molecule has 0 saturated carbocycles. The van der Waals surface area contributed by atoms with Crippen LogP contribution in [-0.2, 0) is 20.0 Å². The van der Waals surface area contributed by atoms with E-state index in [1.165, 1.54) is 7.11 Å². The summed E-state index contributed by atoms with van der Waals surface area (Å²) < 4.78 is 16.6. The van der Waals surface area contributed by atoms with Crippen molar-refractivity contribution >= 4 is 28.7 Å². The maximum absolute atomic E-state index is 11.1. The molecule has 0 aromatic heterocycles. The van der Waals surface area contributed by atoms with Crippen LogP contribution in [0.4, 0.5) is 4.79 Å². The molecule has 0 heterocycles. The first-order chi connectivity index (χ1) is 8.55. The Kier molecular flexibility index (Phi) is 5.83. The van der Waals surface area contributed by atoms with Crippen LogP contribution in [0.25, 0.3) is 0 Å². The molecule has 0 fully saturated rings. The molecule has 1 rings (SSSR count). The van der Waals surface area contributed by atoms with Gasteiger partial charge < -0.3 is 19.9 Å². The lowest BCUT2D eigenvalue weighted by Crippen LogP contribution is -2.38. The number of halogens is 1. The van der Waals surface area contributed by atoms with Gasteiger partial charge >= 0.3 is 6.09 Å². The van der Waals surface area contributed by atoms with Gasteiger partial charge in [-0.25, -0.2) is 4.79 Å². The number of hydrogen-bond acceptors (Lipinski definition) is 4. The molecule has 0 radical (unpaired) electrons. The van der Waals surface area contributed by atoms with Crippen molar-refractivity contribution in [2.24, 2.45) is 5.73 Å². The van der Waals surface area contributed by atoms with Crippen LogP contribution < -0.4 is 5.73 Å². The van der Waals surface area contributed by atoms with Gasteiger partial charge in [0.2, 0.25) is 5.79 Å². The number of methoxy groups -OCH3 is 1. The second-order valence-electron chi connectivity index (χ2n) is 3.56. The number of benzene rings is 1. The van der Waals surface area contributed by atoms with Gasteiger partial charge in [0.25, 0.3) is 0 Å².